The summed E-state index contributed by atoms with van der Waals surface area (Å²) in [4.78, 5) is 23.7. The Labute approximate surface area is 242 Å². The van der Waals surface area contributed by atoms with Gasteiger partial charge < -0.3 is 24.5 Å². The fourth-order valence-corrected chi connectivity index (χ4v) is 6.08. The first-order chi connectivity index (χ1) is 20.4. The molecule has 10 nitrogen and oxygen atoms in total. The first-order valence-corrected chi connectivity index (χ1v) is 14.6. The highest BCUT2D eigenvalue weighted by Crippen LogP contribution is 2.39. The third-order valence-corrected chi connectivity index (χ3v) is 8.49. The van der Waals surface area contributed by atoms with Crippen molar-refractivity contribution in [1.29, 1.82) is 0 Å². The van der Waals surface area contributed by atoms with Gasteiger partial charge in [0.2, 0.25) is 5.88 Å². The lowest BCUT2D eigenvalue weighted by Crippen LogP contribution is -2.50. The molecule has 6 heterocycles. The quantitative estimate of drug-likeness (QED) is 0.300. The number of nitrogens with two attached hydrogens (primary N) is 1. The monoisotopic (exact) mass is 570 g/mol. The summed E-state index contributed by atoms with van der Waals surface area (Å²) in [5.74, 6) is 1.93. The van der Waals surface area contributed by atoms with Crippen LogP contribution in [0.15, 0.2) is 49.1 Å². The average molecular weight is 571 g/mol. The van der Waals surface area contributed by atoms with E-state index in [-0.39, 0.29) is 24.9 Å². The van der Waals surface area contributed by atoms with E-state index in [1.165, 1.54) is 17.7 Å². The number of rotatable bonds is 8. The Bertz CT molecular complexity index is 1770. The second-order valence-electron chi connectivity index (χ2n) is 11.7. The van der Waals surface area contributed by atoms with Gasteiger partial charge in [0.15, 0.2) is 0 Å². The smallest absolute Gasteiger partial charge is 0.255 e. The molecule has 2 aliphatic rings. The molecule has 0 bridgehead atoms. The number of aryl methyl sites for hydroxylation is 2. The maximum atomic E-state index is 14.1. The van der Waals surface area contributed by atoms with Crippen LogP contribution in [-0.2, 0) is 13.1 Å². The van der Waals surface area contributed by atoms with Gasteiger partial charge in [0.25, 0.3) is 5.91 Å². The van der Waals surface area contributed by atoms with E-state index in [9.17, 15) is 9.18 Å². The molecule has 2 atom stereocenters. The third kappa shape index (κ3) is 4.91. The van der Waals surface area contributed by atoms with Crippen LogP contribution in [0.25, 0.3) is 27.8 Å². The maximum absolute atomic E-state index is 14.1. The van der Waals surface area contributed by atoms with Gasteiger partial charge in [0.1, 0.15) is 29.8 Å². The lowest BCUT2D eigenvalue weighted by molar-refractivity contribution is 0.0606. The van der Waals surface area contributed by atoms with Crippen LogP contribution in [0.3, 0.4) is 0 Å². The van der Waals surface area contributed by atoms with Crippen molar-refractivity contribution in [3.05, 3.63) is 66.0 Å². The predicted octanol–water partition coefficient (Wildman–Crippen LogP) is 4.16. The Morgan fingerprint density at radius 2 is 2.00 bits per heavy atom. The number of alkyl halides is 1. The lowest BCUT2D eigenvalue weighted by atomic mass is 10.0. The maximum Gasteiger partial charge on any atom is 0.255 e. The van der Waals surface area contributed by atoms with Gasteiger partial charge in [0, 0.05) is 54.9 Å². The molecule has 1 saturated carbocycles. The van der Waals surface area contributed by atoms with Crippen LogP contribution in [0, 0.1) is 19.8 Å². The van der Waals surface area contributed by atoms with Crippen molar-refractivity contribution in [2.45, 2.75) is 58.4 Å². The first-order valence-electron chi connectivity index (χ1n) is 14.6. The van der Waals surface area contributed by atoms with Crippen molar-refractivity contribution >= 4 is 22.3 Å². The van der Waals surface area contributed by atoms with Crippen molar-refractivity contribution in [1.82, 2.24) is 33.6 Å². The molecule has 5 aromatic heterocycles. The van der Waals surface area contributed by atoms with Crippen molar-refractivity contribution in [3.8, 4) is 17.3 Å². The Kier molecular flexibility index (Phi) is 6.69. The first kappa shape index (κ1) is 26.6. The van der Waals surface area contributed by atoms with Crippen molar-refractivity contribution in [2.24, 2.45) is 11.7 Å². The second kappa shape index (κ2) is 10.5. The van der Waals surface area contributed by atoms with E-state index >= 15 is 0 Å². The molecular weight excluding hydrogens is 535 g/mol. The number of halogens is 1. The SMILES string of the molecule is Cc1c(-c2cc3ccnc(OCCn4ccnc4C)c3n2CC2CC2)nn2cc(C(=O)N3C[C@H](N)C[C@@H](F)C3)ccc12. The number of likely N-dealkylation sites (tertiary alicyclic amines) is 1. The number of amides is 1. The summed E-state index contributed by atoms with van der Waals surface area (Å²) in [7, 11) is 0. The number of aromatic nitrogens is 6. The molecule has 11 heteroatoms. The zero-order valence-electron chi connectivity index (χ0n) is 23.9. The van der Waals surface area contributed by atoms with Crippen molar-refractivity contribution in [3.63, 3.8) is 0 Å². The number of carbonyl (C=O) groups excluding carboxylic acids is 1. The summed E-state index contributed by atoms with van der Waals surface area (Å²) >= 11 is 0. The molecule has 0 radical (unpaired) electrons. The Morgan fingerprint density at radius 3 is 2.76 bits per heavy atom. The Hall–Kier alpha value is -4.25. The summed E-state index contributed by atoms with van der Waals surface area (Å²) in [5, 5.41) is 6.02. The highest BCUT2D eigenvalue weighted by atomic mass is 19.1. The summed E-state index contributed by atoms with van der Waals surface area (Å²) in [6.07, 6.45) is 8.84. The number of ether oxygens (including phenoxy) is 1. The van der Waals surface area contributed by atoms with E-state index in [0.717, 1.165) is 45.7 Å². The topological polar surface area (TPSA) is 108 Å². The molecule has 2 N–H and O–H groups in total. The number of fused-ring (bicyclic) bond motifs is 2. The molecule has 1 aliphatic heterocycles. The minimum atomic E-state index is -1.10. The largest absolute Gasteiger partial charge is 0.474 e. The molecule has 1 aliphatic carbocycles. The molecule has 2 fully saturated rings. The highest BCUT2D eigenvalue weighted by Gasteiger charge is 2.30. The van der Waals surface area contributed by atoms with E-state index < -0.39 is 6.17 Å². The van der Waals surface area contributed by atoms with Gasteiger partial charge in [-0.15, -0.1) is 0 Å². The zero-order chi connectivity index (χ0) is 29.0. The van der Waals surface area contributed by atoms with Crippen LogP contribution in [0.4, 0.5) is 4.39 Å². The van der Waals surface area contributed by atoms with Crippen molar-refractivity contribution in [2.75, 3.05) is 19.7 Å². The zero-order valence-corrected chi connectivity index (χ0v) is 23.9. The summed E-state index contributed by atoms with van der Waals surface area (Å²) in [6, 6.07) is 7.52. The van der Waals surface area contributed by atoms with Gasteiger partial charge in [-0.2, -0.15) is 5.10 Å². The molecule has 42 heavy (non-hydrogen) atoms. The standard InChI is InChI=1S/C31H35FN8O2/c1-19-26-6-5-23(31(41)38-17-24(32)14-25(33)18-38)16-40(26)36-28(19)27-13-22-7-8-35-30(29(22)39(27)15-21-3-4-21)42-12-11-37-10-9-34-20(37)2/h5-10,13,16,21,24-25H,3-4,11-12,14-15,17-18,33H2,1-2H3/t24-,25-/m1/s1. The van der Waals surface area contributed by atoms with E-state index in [1.54, 1.807) is 29.2 Å². The number of hydrogen-bond acceptors (Lipinski definition) is 6. The summed E-state index contributed by atoms with van der Waals surface area (Å²) < 4.78 is 26.5. The van der Waals surface area contributed by atoms with E-state index in [2.05, 4.69) is 32.1 Å². The minimum absolute atomic E-state index is 0.0651. The number of nitrogens with zero attached hydrogens (tertiary/aromatic N) is 7. The Morgan fingerprint density at radius 1 is 1.14 bits per heavy atom. The molecule has 0 unspecified atom stereocenters. The molecule has 218 valence electrons. The van der Waals surface area contributed by atoms with E-state index in [4.69, 9.17) is 15.6 Å². The molecule has 0 aromatic carbocycles. The van der Waals surface area contributed by atoms with Gasteiger partial charge in [-0.25, -0.2) is 18.9 Å². The molecular formula is C31H35FN8O2. The number of imidazole rings is 1. The van der Waals surface area contributed by atoms with Crippen LogP contribution >= 0.6 is 0 Å². The summed E-state index contributed by atoms with van der Waals surface area (Å²) in [5.41, 5.74) is 11.2. The molecule has 1 amide bonds. The molecule has 0 spiro atoms. The normalized spacial score (nSPS) is 19.2. The van der Waals surface area contributed by atoms with Crippen molar-refractivity contribution < 1.29 is 13.9 Å². The van der Waals surface area contributed by atoms with Crippen LogP contribution < -0.4 is 10.5 Å². The van der Waals surface area contributed by atoms with Gasteiger partial charge in [-0.1, -0.05) is 0 Å². The molecule has 7 rings (SSSR count). The number of pyridine rings is 2. The fraction of sp³-hybridized carbons (Fsp3) is 0.419. The van der Waals surface area contributed by atoms with Crippen LogP contribution in [0.1, 0.15) is 41.0 Å². The van der Waals surface area contributed by atoms with Gasteiger partial charge in [-0.3, -0.25) is 4.79 Å². The molecule has 5 aromatic rings. The third-order valence-electron chi connectivity index (χ3n) is 8.49. The van der Waals surface area contributed by atoms with E-state index in [1.807, 2.05) is 25.3 Å². The number of piperidine rings is 1. The molecule has 1 saturated heterocycles. The summed E-state index contributed by atoms with van der Waals surface area (Å²) in [6.45, 7) is 6.46. The van der Waals surface area contributed by atoms with Gasteiger partial charge in [0.05, 0.1) is 29.9 Å². The Balaban J connectivity index is 1.24. The highest BCUT2D eigenvalue weighted by molar-refractivity contribution is 5.95. The van der Waals surface area contributed by atoms with Gasteiger partial charge >= 0.3 is 0 Å². The van der Waals surface area contributed by atoms with Crippen LogP contribution in [0.5, 0.6) is 5.88 Å². The average Bonchev–Trinajstić information content (AvgIpc) is 3.45. The van der Waals surface area contributed by atoms with Gasteiger partial charge in [-0.05, 0) is 63.3 Å². The minimum Gasteiger partial charge on any atom is -0.474 e. The lowest BCUT2D eigenvalue weighted by Gasteiger charge is -2.32. The van der Waals surface area contributed by atoms with E-state index in [0.29, 0.717) is 37.1 Å². The predicted molar refractivity (Wildman–Crippen MR) is 157 cm³/mol. The van der Waals surface area contributed by atoms with Crippen LogP contribution in [-0.4, -0.2) is 71.4 Å². The number of carbonyl (C=O) groups is 1. The van der Waals surface area contributed by atoms with Crippen LogP contribution in [0.2, 0.25) is 0 Å². The number of hydrogen-bond donors (Lipinski definition) is 1. The fourth-order valence-electron chi connectivity index (χ4n) is 6.08. The second-order valence-corrected chi connectivity index (χ2v) is 11.7.